The lowest BCUT2D eigenvalue weighted by molar-refractivity contribution is 0.111. The quantitative estimate of drug-likeness (QED) is 0.638. The van der Waals surface area contributed by atoms with Gasteiger partial charge >= 0.3 is 0 Å². The lowest BCUT2D eigenvalue weighted by atomic mass is 10.3. The Balaban J connectivity index is 2.37. The molecule has 0 saturated carbocycles. The van der Waals surface area contributed by atoms with Gasteiger partial charge in [0.15, 0.2) is 17.0 Å². The Morgan fingerprint density at radius 1 is 1.56 bits per heavy atom. The molecule has 5 heteroatoms. The third-order valence-corrected chi connectivity index (χ3v) is 3.38. The zero-order valence-electron chi connectivity index (χ0n) is 8.51. The van der Waals surface area contributed by atoms with Gasteiger partial charge in [0, 0.05) is 11.1 Å². The van der Waals surface area contributed by atoms with Crippen molar-refractivity contribution in [3.8, 4) is 11.5 Å². The van der Waals surface area contributed by atoms with E-state index in [1.807, 2.05) is 16.7 Å². The number of nitrogens with zero attached hydrogens (tertiary/aromatic N) is 2. The molecule has 0 amide bonds. The van der Waals surface area contributed by atoms with Crippen LogP contribution in [0.1, 0.15) is 16.2 Å². The van der Waals surface area contributed by atoms with Crippen LogP contribution in [-0.4, -0.2) is 15.7 Å². The van der Waals surface area contributed by atoms with Gasteiger partial charge in [-0.15, -0.1) is 11.3 Å². The lowest BCUT2D eigenvalue weighted by Crippen LogP contribution is -1.92. The summed E-state index contributed by atoms with van der Waals surface area (Å²) < 4.78 is 7.11. The van der Waals surface area contributed by atoms with E-state index in [-0.39, 0.29) is 0 Å². The molecule has 3 rings (SSSR count). The van der Waals surface area contributed by atoms with Gasteiger partial charge < -0.3 is 4.42 Å². The fraction of sp³-hybridized carbons (Fsp3) is 0.0909. The van der Waals surface area contributed by atoms with Crippen LogP contribution in [0, 0.1) is 6.92 Å². The smallest absolute Gasteiger partial charge is 0.195 e. The molecule has 3 aromatic rings. The number of imidazole rings is 1. The van der Waals surface area contributed by atoms with E-state index in [1.165, 1.54) is 11.3 Å². The molecule has 0 aliphatic rings. The van der Waals surface area contributed by atoms with Gasteiger partial charge in [-0.2, -0.15) is 0 Å². The molecule has 0 bridgehead atoms. The van der Waals surface area contributed by atoms with E-state index >= 15 is 0 Å². The summed E-state index contributed by atoms with van der Waals surface area (Å²) in [5.41, 5.74) is 2.16. The maximum atomic E-state index is 11.1. The van der Waals surface area contributed by atoms with E-state index in [0.29, 0.717) is 17.1 Å². The van der Waals surface area contributed by atoms with Crippen LogP contribution in [0.25, 0.3) is 16.4 Å². The van der Waals surface area contributed by atoms with Crippen LogP contribution >= 0.6 is 11.3 Å². The second-order valence-electron chi connectivity index (χ2n) is 3.44. The van der Waals surface area contributed by atoms with Gasteiger partial charge in [0.25, 0.3) is 0 Å². The summed E-state index contributed by atoms with van der Waals surface area (Å²) in [6, 6.07) is 3.58. The molecule has 4 nitrogen and oxygen atoms in total. The number of carbonyl (C=O) groups excluding carboxylic acids is 1. The van der Waals surface area contributed by atoms with Gasteiger partial charge in [-0.1, -0.05) is 0 Å². The van der Waals surface area contributed by atoms with Crippen molar-refractivity contribution in [3.63, 3.8) is 0 Å². The van der Waals surface area contributed by atoms with Crippen molar-refractivity contribution < 1.29 is 9.21 Å². The molecule has 3 aromatic heterocycles. The molecular weight excluding hydrogens is 224 g/mol. The highest BCUT2D eigenvalue weighted by atomic mass is 32.1. The standard InChI is InChI=1S/C11H8N2O2S/c1-7-6-16-11-12-10(8(5-14)13(7)11)9-3-2-4-15-9/h2-6H,1H3. The summed E-state index contributed by atoms with van der Waals surface area (Å²) in [6.45, 7) is 1.95. The van der Waals surface area contributed by atoms with Crippen LogP contribution in [0.4, 0.5) is 0 Å². The Morgan fingerprint density at radius 2 is 2.44 bits per heavy atom. The molecule has 0 fully saturated rings. The van der Waals surface area contributed by atoms with Gasteiger partial charge in [0.2, 0.25) is 0 Å². The van der Waals surface area contributed by atoms with Crippen molar-refractivity contribution in [1.82, 2.24) is 9.38 Å². The van der Waals surface area contributed by atoms with Gasteiger partial charge in [0.1, 0.15) is 11.4 Å². The number of hydrogen-bond donors (Lipinski definition) is 0. The molecule has 0 aliphatic heterocycles. The lowest BCUT2D eigenvalue weighted by Gasteiger charge is -1.94. The molecule has 0 N–H and O–H groups in total. The summed E-state index contributed by atoms with van der Waals surface area (Å²) in [4.78, 5) is 16.4. The highest BCUT2D eigenvalue weighted by Crippen LogP contribution is 2.27. The van der Waals surface area contributed by atoms with E-state index in [9.17, 15) is 4.79 Å². The SMILES string of the molecule is Cc1csc2nc(-c3ccco3)c(C=O)n12. The monoisotopic (exact) mass is 232 g/mol. The minimum absolute atomic E-state index is 0.545. The number of rotatable bonds is 2. The molecule has 3 heterocycles. The van der Waals surface area contributed by atoms with Crippen molar-refractivity contribution >= 4 is 22.6 Å². The Labute approximate surface area is 95.2 Å². The van der Waals surface area contributed by atoms with E-state index in [2.05, 4.69) is 4.98 Å². The van der Waals surface area contributed by atoms with Crippen molar-refractivity contribution in [1.29, 1.82) is 0 Å². The summed E-state index contributed by atoms with van der Waals surface area (Å²) in [6.07, 6.45) is 2.39. The Bertz CT molecular complexity index is 649. The summed E-state index contributed by atoms with van der Waals surface area (Å²) in [5.74, 6) is 0.623. The molecule has 0 radical (unpaired) electrons. The molecule has 0 atom stereocenters. The fourth-order valence-electron chi connectivity index (χ4n) is 1.73. The maximum Gasteiger partial charge on any atom is 0.195 e. The van der Waals surface area contributed by atoms with Crippen molar-refractivity contribution in [2.75, 3.05) is 0 Å². The van der Waals surface area contributed by atoms with Gasteiger partial charge in [0.05, 0.1) is 6.26 Å². The normalized spacial score (nSPS) is 11.1. The number of thiazole rings is 1. The van der Waals surface area contributed by atoms with Gasteiger partial charge in [-0.05, 0) is 19.1 Å². The van der Waals surface area contributed by atoms with Crippen LogP contribution in [-0.2, 0) is 0 Å². The number of fused-ring (bicyclic) bond motifs is 1. The molecule has 0 saturated heterocycles. The first-order chi connectivity index (χ1) is 7.81. The summed E-state index contributed by atoms with van der Waals surface area (Å²) >= 11 is 1.51. The molecular formula is C11H8N2O2S. The first-order valence-corrected chi connectivity index (χ1v) is 5.65. The average molecular weight is 232 g/mol. The molecule has 0 spiro atoms. The van der Waals surface area contributed by atoms with Crippen molar-refractivity contribution in [2.45, 2.75) is 6.92 Å². The molecule has 80 valence electrons. The van der Waals surface area contributed by atoms with Crippen LogP contribution in [0.2, 0.25) is 0 Å². The minimum Gasteiger partial charge on any atom is -0.463 e. The predicted octanol–water partition coefficient (Wildman–Crippen LogP) is 2.78. The third-order valence-electron chi connectivity index (χ3n) is 2.44. The number of hydrogen-bond acceptors (Lipinski definition) is 4. The molecule has 0 unspecified atom stereocenters. The zero-order valence-corrected chi connectivity index (χ0v) is 9.32. The fourth-order valence-corrected chi connectivity index (χ4v) is 2.60. The summed E-state index contributed by atoms with van der Waals surface area (Å²) in [5, 5.41) is 1.97. The Kier molecular flexibility index (Phi) is 1.94. The van der Waals surface area contributed by atoms with Crippen molar-refractivity contribution in [2.24, 2.45) is 0 Å². The number of aromatic nitrogens is 2. The Hall–Kier alpha value is -1.88. The van der Waals surface area contributed by atoms with Crippen molar-refractivity contribution in [3.05, 3.63) is 35.2 Å². The predicted molar refractivity (Wildman–Crippen MR) is 60.9 cm³/mol. The van der Waals surface area contributed by atoms with Gasteiger partial charge in [-0.3, -0.25) is 9.20 Å². The first kappa shape index (κ1) is 9.35. The number of furan rings is 1. The highest BCUT2D eigenvalue weighted by molar-refractivity contribution is 7.15. The van der Waals surface area contributed by atoms with E-state index in [1.54, 1.807) is 18.4 Å². The largest absolute Gasteiger partial charge is 0.463 e. The number of aldehydes is 1. The molecule has 0 aliphatic carbocycles. The van der Waals surface area contributed by atoms with Crippen LogP contribution in [0.15, 0.2) is 28.2 Å². The van der Waals surface area contributed by atoms with Crippen LogP contribution < -0.4 is 0 Å². The third kappa shape index (κ3) is 1.15. The topological polar surface area (TPSA) is 47.5 Å². The number of aryl methyl sites for hydroxylation is 1. The minimum atomic E-state index is 0.545. The van der Waals surface area contributed by atoms with Crippen LogP contribution in [0.3, 0.4) is 0 Å². The molecule has 16 heavy (non-hydrogen) atoms. The van der Waals surface area contributed by atoms with E-state index in [0.717, 1.165) is 16.9 Å². The highest BCUT2D eigenvalue weighted by Gasteiger charge is 2.17. The second-order valence-corrected chi connectivity index (χ2v) is 4.27. The number of carbonyl (C=O) groups is 1. The maximum absolute atomic E-state index is 11.1. The average Bonchev–Trinajstić information content (AvgIpc) is 2.95. The van der Waals surface area contributed by atoms with E-state index in [4.69, 9.17) is 4.42 Å². The van der Waals surface area contributed by atoms with Gasteiger partial charge in [-0.25, -0.2) is 4.98 Å². The van der Waals surface area contributed by atoms with Crippen LogP contribution in [0.5, 0.6) is 0 Å². The van der Waals surface area contributed by atoms with E-state index < -0.39 is 0 Å². The first-order valence-electron chi connectivity index (χ1n) is 4.77. The Morgan fingerprint density at radius 3 is 3.12 bits per heavy atom. The summed E-state index contributed by atoms with van der Waals surface area (Å²) in [7, 11) is 0. The molecule has 0 aromatic carbocycles. The zero-order chi connectivity index (χ0) is 11.1. The second kappa shape index (κ2) is 3.31.